The molecule has 1 aliphatic rings. The van der Waals surface area contributed by atoms with Crippen LogP contribution in [0.15, 0.2) is 91.0 Å². The number of anilines is 2. The molecule has 0 saturated heterocycles. The molecule has 1 fully saturated rings. The normalized spacial score (nSPS) is 17.2. The van der Waals surface area contributed by atoms with E-state index < -0.39 is 0 Å². The molecule has 3 N–H and O–H groups in total. The molecule has 0 atom stereocenters. The topological polar surface area (TPSA) is 69.3 Å². The molecule has 0 aliphatic heterocycles. The summed E-state index contributed by atoms with van der Waals surface area (Å²) in [5, 5.41) is 11.2. The van der Waals surface area contributed by atoms with Gasteiger partial charge in [0.1, 0.15) is 5.82 Å². The Hall–Kier alpha value is -4.06. The Kier molecular flexibility index (Phi) is 8.07. The zero-order chi connectivity index (χ0) is 26.3. The molecule has 0 unspecified atom stereocenters. The minimum atomic E-state index is -0.182. The molecule has 1 aromatic heterocycles. The Morgan fingerprint density at radius 1 is 0.868 bits per heavy atom. The van der Waals surface area contributed by atoms with Crippen molar-refractivity contribution in [2.75, 3.05) is 30.9 Å². The molecule has 196 valence electrons. The van der Waals surface area contributed by atoms with Crippen LogP contribution in [0.1, 0.15) is 42.9 Å². The number of hydrogen-bond donors (Lipinski definition) is 3. The van der Waals surface area contributed by atoms with E-state index in [9.17, 15) is 4.79 Å². The van der Waals surface area contributed by atoms with Crippen LogP contribution in [-0.2, 0) is 0 Å². The molecule has 1 aliphatic carbocycles. The third-order valence-corrected chi connectivity index (χ3v) is 7.47. The number of hydrogen-bond acceptors (Lipinski definition) is 4. The highest BCUT2D eigenvalue weighted by Crippen LogP contribution is 2.30. The molecule has 6 heteroatoms. The Balaban J connectivity index is 1.14. The maximum absolute atomic E-state index is 12.9. The molecule has 0 spiro atoms. The summed E-state index contributed by atoms with van der Waals surface area (Å²) in [5.74, 6) is 1.41. The van der Waals surface area contributed by atoms with Crippen molar-refractivity contribution in [3.63, 3.8) is 0 Å². The number of pyridine rings is 1. The third kappa shape index (κ3) is 6.25. The summed E-state index contributed by atoms with van der Waals surface area (Å²) in [7, 11) is 4.14. The lowest BCUT2D eigenvalue weighted by atomic mass is 9.86. The fourth-order valence-corrected chi connectivity index (χ4v) is 5.39. The number of urea groups is 1. The van der Waals surface area contributed by atoms with Gasteiger partial charge in [-0.1, -0.05) is 78.9 Å². The molecule has 38 heavy (non-hydrogen) atoms. The Morgan fingerprint density at radius 3 is 2.11 bits per heavy atom. The molecule has 5 rings (SSSR count). The van der Waals surface area contributed by atoms with Crippen LogP contribution in [0.5, 0.6) is 0 Å². The first-order valence-electron chi connectivity index (χ1n) is 13.5. The van der Waals surface area contributed by atoms with Gasteiger partial charge in [-0.25, -0.2) is 9.78 Å². The molecule has 1 heterocycles. The van der Waals surface area contributed by atoms with Gasteiger partial charge in [-0.2, -0.15) is 0 Å². The number of nitrogens with zero attached hydrogens (tertiary/aromatic N) is 2. The highest BCUT2D eigenvalue weighted by atomic mass is 16.2. The summed E-state index contributed by atoms with van der Waals surface area (Å²) in [5.41, 5.74) is 4.32. The van der Waals surface area contributed by atoms with E-state index in [1.54, 1.807) is 0 Å². The van der Waals surface area contributed by atoms with Crippen molar-refractivity contribution in [1.82, 2.24) is 15.6 Å². The molecule has 2 amide bonds. The Morgan fingerprint density at radius 2 is 1.47 bits per heavy atom. The van der Waals surface area contributed by atoms with Crippen LogP contribution in [-0.4, -0.2) is 37.7 Å². The highest BCUT2D eigenvalue weighted by Gasteiger charge is 2.23. The average Bonchev–Trinajstić information content (AvgIpc) is 2.96. The SMILES string of the molecule is CN(C)c1cc(NC2CCC(CNC(=O)NC(c3ccccc3)c3ccccc3)CC2)nc2ccccc12. The van der Waals surface area contributed by atoms with Crippen molar-refractivity contribution in [2.45, 2.75) is 37.8 Å². The number of nitrogens with one attached hydrogen (secondary N) is 3. The van der Waals surface area contributed by atoms with Gasteiger partial charge in [0.15, 0.2) is 0 Å². The van der Waals surface area contributed by atoms with E-state index in [1.165, 1.54) is 5.69 Å². The zero-order valence-electron chi connectivity index (χ0n) is 22.2. The first kappa shape index (κ1) is 25.6. The van der Waals surface area contributed by atoms with Gasteiger partial charge in [-0.3, -0.25) is 0 Å². The van der Waals surface area contributed by atoms with Crippen molar-refractivity contribution in [2.24, 2.45) is 5.92 Å². The standard InChI is InChI=1S/C32H37N5O/c1-37(2)29-21-30(35-28-16-10-9-15-27(28)29)34-26-19-17-23(18-20-26)22-33-32(38)36-31(24-11-5-3-6-12-24)25-13-7-4-8-14-25/h3-16,21,23,26,31H,17-20,22H2,1-2H3,(H,34,35)(H2,33,36,38). The quantitative estimate of drug-likeness (QED) is 0.260. The lowest BCUT2D eigenvalue weighted by Crippen LogP contribution is -2.41. The zero-order valence-corrected chi connectivity index (χ0v) is 22.2. The Labute approximate surface area is 225 Å². The molecule has 3 aromatic carbocycles. The van der Waals surface area contributed by atoms with Crippen LogP contribution in [0.2, 0.25) is 0 Å². The fourth-order valence-electron chi connectivity index (χ4n) is 5.39. The number of benzene rings is 3. The second-order valence-corrected chi connectivity index (χ2v) is 10.4. The summed E-state index contributed by atoms with van der Waals surface area (Å²) in [6, 6.07) is 30.8. The summed E-state index contributed by atoms with van der Waals surface area (Å²) in [6.45, 7) is 0.688. The second-order valence-electron chi connectivity index (χ2n) is 10.4. The van der Waals surface area contributed by atoms with Gasteiger partial charge < -0.3 is 20.9 Å². The number of amides is 2. The van der Waals surface area contributed by atoms with E-state index in [1.807, 2.05) is 42.5 Å². The van der Waals surface area contributed by atoms with Crippen LogP contribution >= 0.6 is 0 Å². The van der Waals surface area contributed by atoms with Gasteiger partial charge in [0, 0.05) is 43.8 Å². The summed E-state index contributed by atoms with van der Waals surface area (Å²) in [6.07, 6.45) is 4.28. The van der Waals surface area contributed by atoms with Crippen molar-refractivity contribution in [3.05, 3.63) is 102 Å². The van der Waals surface area contributed by atoms with Crippen molar-refractivity contribution in [1.29, 1.82) is 0 Å². The maximum Gasteiger partial charge on any atom is 0.315 e. The Bertz CT molecular complexity index is 1290. The van der Waals surface area contributed by atoms with Gasteiger partial charge in [0.05, 0.1) is 11.6 Å². The smallest absolute Gasteiger partial charge is 0.315 e. The number of aromatic nitrogens is 1. The van der Waals surface area contributed by atoms with E-state index in [0.29, 0.717) is 18.5 Å². The molecular weight excluding hydrogens is 470 g/mol. The minimum absolute atomic E-state index is 0.125. The second kappa shape index (κ2) is 12.0. The van der Waals surface area contributed by atoms with Crippen LogP contribution < -0.4 is 20.9 Å². The molecule has 1 saturated carbocycles. The van der Waals surface area contributed by atoms with E-state index in [0.717, 1.165) is 53.5 Å². The first-order chi connectivity index (χ1) is 18.6. The number of fused-ring (bicyclic) bond motifs is 1. The minimum Gasteiger partial charge on any atom is -0.377 e. The van der Waals surface area contributed by atoms with Gasteiger partial charge in [0.25, 0.3) is 0 Å². The van der Waals surface area contributed by atoms with Crippen molar-refractivity contribution in [3.8, 4) is 0 Å². The largest absolute Gasteiger partial charge is 0.377 e. The van der Waals surface area contributed by atoms with Crippen LogP contribution in [0.3, 0.4) is 0 Å². The third-order valence-electron chi connectivity index (χ3n) is 7.47. The van der Waals surface area contributed by atoms with E-state index >= 15 is 0 Å². The summed E-state index contributed by atoms with van der Waals surface area (Å²) >= 11 is 0. The predicted octanol–water partition coefficient (Wildman–Crippen LogP) is 6.36. The average molecular weight is 508 g/mol. The van der Waals surface area contributed by atoms with Gasteiger partial charge >= 0.3 is 6.03 Å². The van der Waals surface area contributed by atoms with Gasteiger partial charge in [-0.15, -0.1) is 0 Å². The van der Waals surface area contributed by atoms with Crippen molar-refractivity contribution < 1.29 is 4.79 Å². The summed E-state index contributed by atoms with van der Waals surface area (Å²) in [4.78, 5) is 19.9. The lowest BCUT2D eigenvalue weighted by Gasteiger charge is -2.30. The number of para-hydroxylation sites is 1. The van der Waals surface area contributed by atoms with E-state index in [4.69, 9.17) is 4.98 Å². The molecule has 0 bridgehead atoms. The number of rotatable bonds is 8. The number of carbonyl (C=O) groups is 1. The number of carbonyl (C=O) groups excluding carboxylic acids is 1. The van der Waals surface area contributed by atoms with Crippen LogP contribution in [0.25, 0.3) is 10.9 Å². The van der Waals surface area contributed by atoms with E-state index in [-0.39, 0.29) is 12.1 Å². The van der Waals surface area contributed by atoms with Gasteiger partial charge in [-0.05, 0) is 48.8 Å². The fraction of sp³-hybridized carbons (Fsp3) is 0.312. The monoisotopic (exact) mass is 507 g/mol. The summed E-state index contributed by atoms with van der Waals surface area (Å²) < 4.78 is 0. The predicted molar refractivity (Wildman–Crippen MR) is 157 cm³/mol. The lowest BCUT2D eigenvalue weighted by molar-refractivity contribution is 0.233. The highest BCUT2D eigenvalue weighted by molar-refractivity contribution is 5.93. The van der Waals surface area contributed by atoms with Crippen molar-refractivity contribution >= 4 is 28.4 Å². The van der Waals surface area contributed by atoms with Gasteiger partial charge in [0.2, 0.25) is 0 Å². The molecule has 6 nitrogen and oxygen atoms in total. The molecular formula is C32H37N5O. The molecule has 0 radical (unpaired) electrons. The first-order valence-corrected chi connectivity index (χ1v) is 13.5. The maximum atomic E-state index is 12.9. The van der Waals surface area contributed by atoms with Crippen LogP contribution in [0.4, 0.5) is 16.3 Å². The van der Waals surface area contributed by atoms with Crippen LogP contribution in [0, 0.1) is 5.92 Å². The molecule has 4 aromatic rings. The van der Waals surface area contributed by atoms with E-state index in [2.05, 4.69) is 83.5 Å².